The molecule has 19 heavy (non-hydrogen) atoms. The molecule has 0 spiro atoms. The summed E-state index contributed by atoms with van der Waals surface area (Å²) in [6.07, 6.45) is 1.74. The van der Waals surface area contributed by atoms with Gasteiger partial charge in [0.25, 0.3) is 0 Å². The average Bonchev–Trinajstić information content (AvgIpc) is 2.47. The fourth-order valence-corrected chi connectivity index (χ4v) is 2.10. The SMILES string of the molecule is NC(CCC(=O)Cc1ccccc1)c1ccccc1. The molecule has 0 bridgehead atoms. The number of hydrogen-bond acceptors (Lipinski definition) is 2. The van der Waals surface area contributed by atoms with Crippen LogP contribution in [0.5, 0.6) is 0 Å². The molecule has 0 amide bonds. The van der Waals surface area contributed by atoms with Crippen LogP contribution in [0.2, 0.25) is 0 Å². The Labute approximate surface area is 114 Å². The number of carbonyl (C=O) groups is 1. The lowest BCUT2D eigenvalue weighted by atomic mass is 9.99. The lowest BCUT2D eigenvalue weighted by Gasteiger charge is -2.11. The van der Waals surface area contributed by atoms with E-state index in [1.54, 1.807) is 0 Å². The maximum Gasteiger partial charge on any atom is 0.137 e. The molecular weight excluding hydrogens is 234 g/mol. The number of ketones is 1. The Bertz CT molecular complexity index is 507. The first-order valence-electron chi connectivity index (χ1n) is 6.62. The normalized spacial score (nSPS) is 12.1. The van der Waals surface area contributed by atoms with Gasteiger partial charge in [-0.2, -0.15) is 0 Å². The summed E-state index contributed by atoms with van der Waals surface area (Å²) in [5, 5.41) is 0. The molecule has 2 N–H and O–H groups in total. The summed E-state index contributed by atoms with van der Waals surface area (Å²) in [5.74, 6) is 0.248. The lowest BCUT2D eigenvalue weighted by molar-refractivity contribution is -0.118. The van der Waals surface area contributed by atoms with Gasteiger partial charge < -0.3 is 5.73 Å². The lowest BCUT2D eigenvalue weighted by Crippen LogP contribution is -2.13. The highest BCUT2D eigenvalue weighted by molar-refractivity contribution is 5.80. The number of Topliss-reactive ketones (excluding diaryl/α,β-unsaturated/α-hetero) is 1. The quantitative estimate of drug-likeness (QED) is 0.858. The Morgan fingerprint density at radius 3 is 2.16 bits per heavy atom. The second kappa shape index (κ2) is 6.86. The Morgan fingerprint density at radius 1 is 0.947 bits per heavy atom. The van der Waals surface area contributed by atoms with Crippen molar-refractivity contribution < 1.29 is 4.79 Å². The maximum atomic E-state index is 11.9. The maximum absolute atomic E-state index is 11.9. The summed E-state index contributed by atoms with van der Waals surface area (Å²) >= 11 is 0. The molecule has 0 fully saturated rings. The molecule has 0 aliphatic rings. The molecule has 0 aromatic heterocycles. The summed E-state index contributed by atoms with van der Waals surface area (Å²) in [5.41, 5.74) is 8.25. The first kappa shape index (κ1) is 13.5. The number of hydrogen-bond donors (Lipinski definition) is 1. The molecule has 2 aromatic rings. The van der Waals surface area contributed by atoms with Gasteiger partial charge in [-0.3, -0.25) is 4.79 Å². The highest BCUT2D eigenvalue weighted by Crippen LogP contribution is 2.16. The van der Waals surface area contributed by atoms with E-state index in [9.17, 15) is 4.79 Å². The topological polar surface area (TPSA) is 43.1 Å². The molecule has 2 aromatic carbocycles. The summed E-state index contributed by atoms with van der Waals surface area (Å²) < 4.78 is 0. The van der Waals surface area contributed by atoms with Crippen LogP contribution >= 0.6 is 0 Å². The van der Waals surface area contributed by atoms with E-state index in [4.69, 9.17) is 5.73 Å². The van der Waals surface area contributed by atoms with Crippen molar-refractivity contribution >= 4 is 5.78 Å². The van der Waals surface area contributed by atoms with Crippen LogP contribution in [-0.2, 0) is 11.2 Å². The van der Waals surface area contributed by atoms with Crippen LogP contribution in [0.15, 0.2) is 60.7 Å². The van der Waals surface area contributed by atoms with Crippen LogP contribution in [0.25, 0.3) is 0 Å². The number of benzene rings is 2. The van der Waals surface area contributed by atoms with Crippen molar-refractivity contribution in [3.05, 3.63) is 71.8 Å². The summed E-state index contributed by atoms with van der Waals surface area (Å²) in [6.45, 7) is 0. The van der Waals surface area contributed by atoms with E-state index in [1.807, 2.05) is 60.7 Å². The molecule has 0 aliphatic carbocycles. The molecule has 1 unspecified atom stereocenters. The molecule has 0 saturated heterocycles. The Balaban J connectivity index is 1.81. The highest BCUT2D eigenvalue weighted by atomic mass is 16.1. The minimum atomic E-state index is -0.0547. The van der Waals surface area contributed by atoms with Crippen molar-refractivity contribution in [2.24, 2.45) is 5.73 Å². The van der Waals surface area contributed by atoms with E-state index in [2.05, 4.69) is 0 Å². The third kappa shape index (κ3) is 4.34. The molecule has 0 radical (unpaired) electrons. The first-order chi connectivity index (χ1) is 9.25. The van der Waals surface area contributed by atoms with Crippen LogP contribution in [0.3, 0.4) is 0 Å². The fraction of sp³-hybridized carbons (Fsp3) is 0.235. The predicted molar refractivity (Wildman–Crippen MR) is 77.8 cm³/mol. The Morgan fingerprint density at radius 2 is 1.53 bits per heavy atom. The molecule has 2 rings (SSSR count). The smallest absolute Gasteiger partial charge is 0.137 e. The molecule has 0 saturated carbocycles. The first-order valence-corrected chi connectivity index (χ1v) is 6.62. The zero-order valence-corrected chi connectivity index (χ0v) is 11.0. The van der Waals surface area contributed by atoms with E-state index in [-0.39, 0.29) is 11.8 Å². The van der Waals surface area contributed by atoms with Gasteiger partial charge >= 0.3 is 0 Å². The van der Waals surface area contributed by atoms with E-state index in [0.29, 0.717) is 19.3 Å². The summed E-state index contributed by atoms with van der Waals surface area (Å²) in [4.78, 5) is 11.9. The average molecular weight is 253 g/mol. The van der Waals surface area contributed by atoms with E-state index >= 15 is 0 Å². The van der Waals surface area contributed by atoms with Crippen molar-refractivity contribution in [2.45, 2.75) is 25.3 Å². The minimum absolute atomic E-state index is 0.0547. The molecule has 2 nitrogen and oxygen atoms in total. The summed E-state index contributed by atoms with van der Waals surface area (Å²) in [7, 11) is 0. The Hall–Kier alpha value is -1.93. The van der Waals surface area contributed by atoms with Gasteiger partial charge in [-0.05, 0) is 17.5 Å². The highest BCUT2D eigenvalue weighted by Gasteiger charge is 2.09. The molecule has 2 heteroatoms. The van der Waals surface area contributed by atoms with Crippen molar-refractivity contribution in [2.75, 3.05) is 0 Å². The van der Waals surface area contributed by atoms with Crippen molar-refractivity contribution in [3.63, 3.8) is 0 Å². The van der Waals surface area contributed by atoms with Gasteiger partial charge in [-0.15, -0.1) is 0 Å². The van der Waals surface area contributed by atoms with Crippen molar-refractivity contribution in [3.8, 4) is 0 Å². The van der Waals surface area contributed by atoms with Gasteiger partial charge in [-0.25, -0.2) is 0 Å². The third-order valence-electron chi connectivity index (χ3n) is 3.21. The van der Waals surface area contributed by atoms with Crippen LogP contribution < -0.4 is 5.73 Å². The van der Waals surface area contributed by atoms with Gasteiger partial charge in [0.15, 0.2) is 0 Å². The second-order valence-electron chi connectivity index (χ2n) is 4.76. The summed E-state index contributed by atoms with van der Waals surface area (Å²) in [6, 6.07) is 19.7. The predicted octanol–water partition coefficient (Wildman–Crippen LogP) is 3.28. The molecule has 98 valence electrons. The molecule has 0 aliphatic heterocycles. The largest absolute Gasteiger partial charge is 0.324 e. The number of carbonyl (C=O) groups excluding carboxylic acids is 1. The van der Waals surface area contributed by atoms with Gasteiger partial charge in [0.05, 0.1) is 0 Å². The minimum Gasteiger partial charge on any atom is -0.324 e. The van der Waals surface area contributed by atoms with Gasteiger partial charge in [0, 0.05) is 18.9 Å². The Kier molecular flexibility index (Phi) is 4.87. The third-order valence-corrected chi connectivity index (χ3v) is 3.21. The van der Waals surface area contributed by atoms with E-state index in [0.717, 1.165) is 11.1 Å². The molecule has 0 heterocycles. The van der Waals surface area contributed by atoms with Crippen LogP contribution in [-0.4, -0.2) is 5.78 Å². The van der Waals surface area contributed by atoms with Gasteiger partial charge in [0.1, 0.15) is 5.78 Å². The number of nitrogens with two attached hydrogens (primary N) is 1. The van der Waals surface area contributed by atoms with Crippen LogP contribution in [0, 0.1) is 0 Å². The molecular formula is C17H19NO. The zero-order chi connectivity index (χ0) is 13.5. The van der Waals surface area contributed by atoms with E-state index in [1.165, 1.54) is 0 Å². The van der Waals surface area contributed by atoms with Crippen LogP contribution in [0.4, 0.5) is 0 Å². The van der Waals surface area contributed by atoms with Gasteiger partial charge in [0.2, 0.25) is 0 Å². The van der Waals surface area contributed by atoms with Crippen molar-refractivity contribution in [1.82, 2.24) is 0 Å². The number of rotatable bonds is 6. The standard InChI is InChI=1S/C17H19NO/c18-17(15-9-5-2-6-10-15)12-11-16(19)13-14-7-3-1-4-8-14/h1-10,17H,11-13,18H2. The molecule has 1 atom stereocenters. The second-order valence-corrected chi connectivity index (χ2v) is 4.76. The fourth-order valence-electron chi connectivity index (χ4n) is 2.10. The van der Waals surface area contributed by atoms with E-state index < -0.39 is 0 Å². The van der Waals surface area contributed by atoms with Crippen molar-refractivity contribution in [1.29, 1.82) is 0 Å². The monoisotopic (exact) mass is 253 g/mol. The zero-order valence-electron chi connectivity index (χ0n) is 11.0. The van der Waals surface area contributed by atoms with Gasteiger partial charge in [-0.1, -0.05) is 60.7 Å². The van der Waals surface area contributed by atoms with Crippen LogP contribution in [0.1, 0.15) is 30.0 Å².